The molecule has 0 aromatic carbocycles. The molecule has 0 radical (unpaired) electrons. The van der Waals surface area contributed by atoms with E-state index in [9.17, 15) is 23.1 Å². The molecule has 9 heteroatoms. The van der Waals surface area contributed by atoms with Gasteiger partial charge < -0.3 is 15.2 Å². The number of carbonyl (C=O) groups is 1. The summed E-state index contributed by atoms with van der Waals surface area (Å²) in [7, 11) is 1.49. The van der Waals surface area contributed by atoms with Crippen molar-refractivity contribution < 1.29 is 27.8 Å². The molecule has 0 saturated heterocycles. The van der Waals surface area contributed by atoms with Crippen molar-refractivity contribution in [3.05, 3.63) is 18.0 Å². The molecule has 1 saturated carbocycles. The van der Waals surface area contributed by atoms with Crippen LogP contribution in [0.3, 0.4) is 0 Å². The SMILES string of the molecule is CO[C@@H]1CCC[C@@H](NC(=O)Cn2ccc(C(F)(F)F)n2)[C@H]1O. The van der Waals surface area contributed by atoms with E-state index in [4.69, 9.17) is 4.74 Å². The first-order valence-corrected chi connectivity index (χ1v) is 6.92. The normalized spacial score (nSPS) is 26.0. The summed E-state index contributed by atoms with van der Waals surface area (Å²) >= 11 is 0. The highest BCUT2D eigenvalue weighted by atomic mass is 19.4. The fourth-order valence-corrected chi connectivity index (χ4v) is 2.55. The standard InChI is InChI=1S/C13H18F3N3O3/c1-22-9-4-2-3-8(12(9)21)17-11(20)7-19-6-5-10(18-19)13(14,15)16/h5-6,8-9,12,21H,2-4,7H2,1H3,(H,17,20)/t8-,9-,12-/m1/s1. The fraction of sp³-hybridized carbons (Fsp3) is 0.692. The molecule has 0 bridgehead atoms. The number of hydrogen-bond donors (Lipinski definition) is 2. The number of aromatic nitrogens is 2. The third-order valence-electron chi connectivity index (χ3n) is 3.68. The molecule has 1 aliphatic rings. The van der Waals surface area contributed by atoms with E-state index < -0.39 is 29.9 Å². The monoisotopic (exact) mass is 321 g/mol. The number of hydrogen-bond acceptors (Lipinski definition) is 4. The summed E-state index contributed by atoms with van der Waals surface area (Å²) in [6.45, 7) is -0.336. The molecular formula is C13H18F3N3O3. The van der Waals surface area contributed by atoms with E-state index in [1.807, 2.05) is 0 Å². The minimum atomic E-state index is -4.53. The van der Waals surface area contributed by atoms with Gasteiger partial charge in [0.1, 0.15) is 12.6 Å². The van der Waals surface area contributed by atoms with Crippen molar-refractivity contribution in [1.82, 2.24) is 15.1 Å². The van der Waals surface area contributed by atoms with Gasteiger partial charge in [-0.2, -0.15) is 18.3 Å². The van der Waals surface area contributed by atoms with Crippen molar-refractivity contribution in [2.75, 3.05) is 7.11 Å². The lowest BCUT2D eigenvalue weighted by Crippen LogP contribution is -2.52. The van der Waals surface area contributed by atoms with E-state index in [0.29, 0.717) is 12.8 Å². The quantitative estimate of drug-likeness (QED) is 0.865. The number of alkyl halides is 3. The van der Waals surface area contributed by atoms with Crippen molar-refractivity contribution in [2.24, 2.45) is 0 Å². The van der Waals surface area contributed by atoms with Crippen LogP contribution in [0.25, 0.3) is 0 Å². The number of methoxy groups -OCH3 is 1. The molecule has 2 N–H and O–H groups in total. The van der Waals surface area contributed by atoms with E-state index in [2.05, 4.69) is 10.4 Å². The summed E-state index contributed by atoms with van der Waals surface area (Å²) in [5.41, 5.74) is -1.04. The summed E-state index contributed by atoms with van der Waals surface area (Å²) in [6, 6.07) is 0.341. The van der Waals surface area contributed by atoms with Crippen LogP contribution in [0.4, 0.5) is 13.2 Å². The summed E-state index contributed by atoms with van der Waals surface area (Å²) in [5.74, 6) is -0.502. The average molecular weight is 321 g/mol. The second kappa shape index (κ2) is 6.66. The van der Waals surface area contributed by atoms with Crippen LogP contribution in [0, 0.1) is 0 Å². The largest absolute Gasteiger partial charge is 0.435 e. The van der Waals surface area contributed by atoms with E-state index >= 15 is 0 Å². The van der Waals surface area contributed by atoms with E-state index in [0.717, 1.165) is 23.4 Å². The number of aliphatic hydroxyl groups is 1. The Morgan fingerprint density at radius 1 is 1.55 bits per heavy atom. The second-order valence-corrected chi connectivity index (χ2v) is 5.27. The molecular weight excluding hydrogens is 303 g/mol. The lowest BCUT2D eigenvalue weighted by atomic mass is 9.90. The van der Waals surface area contributed by atoms with Crippen molar-refractivity contribution in [1.29, 1.82) is 0 Å². The van der Waals surface area contributed by atoms with Crippen LogP contribution >= 0.6 is 0 Å². The summed E-state index contributed by atoms with van der Waals surface area (Å²) in [5, 5.41) is 16.0. The smallest absolute Gasteiger partial charge is 0.388 e. The topological polar surface area (TPSA) is 76.4 Å². The Balaban J connectivity index is 1.91. The maximum Gasteiger partial charge on any atom is 0.435 e. The second-order valence-electron chi connectivity index (χ2n) is 5.27. The van der Waals surface area contributed by atoms with Crippen LogP contribution in [0.5, 0.6) is 0 Å². The maximum atomic E-state index is 12.4. The molecule has 3 atom stereocenters. The number of halogens is 3. The Morgan fingerprint density at radius 2 is 2.27 bits per heavy atom. The Kier molecular flexibility index (Phi) is 5.07. The zero-order valence-corrected chi connectivity index (χ0v) is 12.0. The number of nitrogens with zero attached hydrogens (tertiary/aromatic N) is 2. The molecule has 1 aliphatic carbocycles. The third kappa shape index (κ3) is 3.98. The number of ether oxygens (including phenoxy) is 1. The van der Waals surface area contributed by atoms with Crippen LogP contribution in [-0.4, -0.2) is 46.2 Å². The van der Waals surface area contributed by atoms with Gasteiger partial charge in [-0.05, 0) is 25.3 Å². The molecule has 1 amide bonds. The lowest BCUT2D eigenvalue weighted by molar-refractivity contribution is -0.141. The number of nitrogens with one attached hydrogen (secondary N) is 1. The molecule has 1 fully saturated rings. The summed E-state index contributed by atoms with van der Waals surface area (Å²) in [6.07, 6.45) is -2.52. The summed E-state index contributed by atoms with van der Waals surface area (Å²) in [4.78, 5) is 11.9. The Hall–Kier alpha value is -1.61. The third-order valence-corrected chi connectivity index (χ3v) is 3.68. The molecule has 1 aromatic heterocycles. The minimum Gasteiger partial charge on any atom is -0.388 e. The van der Waals surface area contributed by atoms with Gasteiger partial charge in [0.15, 0.2) is 5.69 Å². The zero-order chi connectivity index (χ0) is 16.3. The van der Waals surface area contributed by atoms with Crippen LogP contribution < -0.4 is 5.32 Å². The highest BCUT2D eigenvalue weighted by molar-refractivity contribution is 5.76. The molecule has 0 spiro atoms. The Bertz CT molecular complexity index is 518. The number of rotatable bonds is 4. The molecule has 0 aliphatic heterocycles. The molecule has 2 rings (SSSR count). The van der Waals surface area contributed by atoms with Gasteiger partial charge in [-0.3, -0.25) is 9.48 Å². The molecule has 6 nitrogen and oxygen atoms in total. The number of carbonyl (C=O) groups excluding carboxylic acids is 1. The first kappa shape index (κ1) is 16.8. The first-order valence-electron chi connectivity index (χ1n) is 6.92. The van der Waals surface area contributed by atoms with E-state index in [1.54, 1.807) is 0 Å². The van der Waals surface area contributed by atoms with Gasteiger partial charge in [-0.15, -0.1) is 0 Å². The predicted molar refractivity (Wildman–Crippen MR) is 69.8 cm³/mol. The molecule has 1 heterocycles. The number of amides is 1. The van der Waals surface area contributed by atoms with Gasteiger partial charge in [0.05, 0.1) is 12.1 Å². The van der Waals surface area contributed by atoms with Crippen molar-refractivity contribution in [3.8, 4) is 0 Å². The predicted octanol–water partition coefficient (Wildman–Crippen LogP) is 0.946. The Labute approximate surface area is 125 Å². The van der Waals surface area contributed by atoms with Gasteiger partial charge in [-0.1, -0.05) is 0 Å². The maximum absolute atomic E-state index is 12.4. The summed E-state index contributed by atoms with van der Waals surface area (Å²) < 4.78 is 43.3. The molecule has 0 unspecified atom stereocenters. The van der Waals surface area contributed by atoms with Gasteiger partial charge in [0.25, 0.3) is 0 Å². The lowest BCUT2D eigenvalue weighted by Gasteiger charge is -2.34. The van der Waals surface area contributed by atoms with Gasteiger partial charge in [0.2, 0.25) is 5.91 Å². The number of aliphatic hydroxyl groups excluding tert-OH is 1. The van der Waals surface area contributed by atoms with Crippen LogP contribution in [-0.2, 0) is 22.3 Å². The highest BCUT2D eigenvalue weighted by Gasteiger charge is 2.34. The molecule has 124 valence electrons. The van der Waals surface area contributed by atoms with Crippen molar-refractivity contribution in [3.63, 3.8) is 0 Å². The molecule has 1 aromatic rings. The minimum absolute atomic E-state index is 0.336. The molecule has 22 heavy (non-hydrogen) atoms. The van der Waals surface area contributed by atoms with Gasteiger partial charge in [0, 0.05) is 13.3 Å². The van der Waals surface area contributed by atoms with Crippen molar-refractivity contribution in [2.45, 2.75) is 50.2 Å². The van der Waals surface area contributed by atoms with Gasteiger partial charge >= 0.3 is 6.18 Å². The van der Waals surface area contributed by atoms with E-state index in [1.165, 1.54) is 7.11 Å². The fourth-order valence-electron chi connectivity index (χ4n) is 2.55. The van der Waals surface area contributed by atoms with Crippen LogP contribution in [0.2, 0.25) is 0 Å². The van der Waals surface area contributed by atoms with E-state index in [-0.39, 0.29) is 12.6 Å². The zero-order valence-electron chi connectivity index (χ0n) is 12.0. The Morgan fingerprint density at radius 3 is 2.86 bits per heavy atom. The average Bonchev–Trinajstić information content (AvgIpc) is 2.89. The van der Waals surface area contributed by atoms with Crippen molar-refractivity contribution >= 4 is 5.91 Å². The first-order chi connectivity index (χ1) is 10.3. The van der Waals surface area contributed by atoms with Gasteiger partial charge in [-0.25, -0.2) is 0 Å². The highest BCUT2D eigenvalue weighted by Crippen LogP contribution is 2.27. The van der Waals surface area contributed by atoms with Crippen LogP contribution in [0.15, 0.2) is 12.3 Å². The van der Waals surface area contributed by atoms with Crippen LogP contribution in [0.1, 0.15) is 25.0 Å².